The third kappa shape index (κ3) is 2.62. The summed E-state index contributed by atoms with van der Waals surface area (Å²) in [6, 6.07) is 7.59. The Bertz CT molecular complexity index is 654. The van der Waals surface area contributed by atoms with E-state index in [1.165, 1.54) is 0 Å². The van der Waals surface area contributed by atoms with Crippen molar-refractivity contribution in [3.05, 3.63) is 42.2 Å². The number of hydrogen-bond acceptors (Lipinski definition) is 4. The van der Waals surface area contributed by atoms with E-state index in [2.05, 4.69) is 4.98 Å². The highest BCUT2D eigenvalue weighted by Crippen LogP contribution is 2.21. The van der Waals surface area contributed by atoms with Crippen LogP contribution in [0.2, 0.25) is 0 Å². The van der Waals surface area contributed by atoms with Gasteiger partial charge in [-0.1, -0.05) is 12.1 Å². The second-order valence-electron chi connectivity index (χ2n) is 5.38. The Balaban J connectivity index is 1.90. The number of piperidine rings is 1. The molecule has 21 heavy (non-hydrogen) atoms. The van der Waals surface area contributed by atoms with E-state index in [1.807, 2.05) is 29.2 Å². The van der Waals surface area contributed by atoms with Crippen molar-refractivity contribution in [1.29, 1.82) is 0 Å². The summed E-state index contributed by atoms with van der Waals surface area (Å²) in [7, 11) is 1.64. The highest BCUT2D eigenvalue weighted by Gasteiger charge is 2.30. The minimum absolute atomic E-state index is 0.00392. The summed E-state index contributed by atoms with van der Waals surface area (Å²) in [4.78, 5) is 18.7. The minimum atomic E-state index is -0.0978. The number of nitrogens with two attached hydrogens (primary N) is 1. The molecule has 0 radical (unpaired) electrons. The molecule has 0 aliphatic carbocycles. The van der Waals surface area contributed by atoms with Crippen LogP contribution in [0.25, 0.3) is 10.8 Å². The fourth-order valence-electron chi connectivity index (χ4n) is 2.85. The number of methoxy groups -OCH3 is 1. The van der Waals surface area contributed by atoms with Gasteiger partial charge < -0.3 is 15.4 Å². The van der Waals surface area contributed by atoms with Crippen molar-refractivity contribution in [1.82, 2.24) is 9.88 Å². The first-order valence-corrected chi connectivity index (χ1v) is 7.11. The minimum Gasteiger partial charge on any atom is -0.378 e. The number of pyridine rings is 1. The van der Waals surface area contributed by atoms with Gasteiger partial charge in [0.1, 0.15) is 0 Å². The first-order chi connectivity index (χ1) is 10.2. The van der Waals surface area contributed by atoms with Gasteiger partial charge in [-0.15, -0.1) is 0 Å². The van der Waals surface area contributed by atoms with Crippen LogP contribution in [0.5, 0.6) is 0 Å². The number of rotatable bonds is 2. The molecule has 1 aliphatic rings. The van der Waals surface area contributed by atoms with Crippen LogP contribution in [0.3, 0.4) is 0 Å². The lowest BCUT2D eigenvalue weighted by molar-refractivity contribution is 0.0163. The summed E-state index contributed by atoms with van der Waals surface area (Å²) < 4.78 is 5.38. The number of amides is 1. The monoisotopic (exact) mass is 285 g/mol. The molecule has 2 heterocycles. The van der Waals surface area contributed by atoms with Gasteiger partial charge in [-0.25, -0.2) is 0 Å². The molecule has 1 saturated heterocycles. The third-order valence-electron chi connectivity index (χ3n) is 4.11. The molecule has 1 aromatic heterocycles. The van der Waals surface area contributed by atoms with Crippen molar-refractivity contribution < 1.29 is 9.53 Å². The maximum absolute atomic E-state index is 12.8. The second kappa shape index (κ2) is 5.79. The molecule has 1 aromatic carbocycles. The zero-order valence-electron chi connectivity index (χ0n) is 12.0. The molecule has 1 aliphatic heterocycles. The summed E-state index contributed by atoms with van der Waals surface area (Å²) >= 11 is 0. The van der Waals surface area contributed by atoms with Crippen LogP contribution in [0.4, 0.5) is 0 Å². The Morgan fingerprint density at radius 2 is 2.29 bits per heavy atom. The lowest BCUT2D eigenvalue weighted by Gasteiger charge is -2.36. The van der Waals surface area contributed by atoms with Crippen LogP contribution in [-0.4, -0.2) is 48.1 Å². The van der Waals surface area contributed by atoms with Gasteiger partial charge in [-0.2, -0.15) is 0 Å². The van der Waals surface area contributed by atoms with E-state index in [0.29, 0.717) is 18.7 Å². The number of fused-ring (bicyclic) bond motifs is 1. The van der Waals surface area contributed by atoms with Gasteiger partial charge in [0, 0.05) is 49.6 Å². The molecule has 0 bridgehead atoms. The normalized spacial score (nSPS) is 22.5. The highest BCUT2D eigenvalue weighted by atomic mass is 16.5. The van der Waals surface area contributed by atoms with Crippen molar-refractivity contribution in [2.45, 2.75) is 18.6 Å². The van der Waals surface area contributed by atoms with Crippen LogP contribution in [0.15, 0.2) is 36.7 Å². The van der Waals surface area contributed by atoms with E-state index in [-0.39, 0.29) is 18.1 Å². The summed E-state index contributed by atoms with van der Waals surface area (Å²) in [6.07, 6.45) is 4.15. The molecular formula is C16H19N3O2. The van der Waals surface area contributed by atoms with Gasteiger partial charge >= 0.3 is 0 Å². The third-order valence-corrected chi connectivity index (χ3v) is 4.11. The topological polar surface area (TPSA) is 68.5 Å². The number of benzene rings is 1. The van der Waals surface area contributed by atoms with E-state index in [4.69, 9.17) is 10.5 Å². The van der Waals surface area contributed by atoms with E-state index < -0.39 is 0 Å². The Kier molecular flexibility index (Phi) is 3.86. The molecule has 0 unspecified atom stereocenters. The predicted octanol–water partition coefficient (Wildman–Crippen LogP) is 1.42. The fraction of sp³-hybridized carbons (Fsp3) is 0.375. The second-order valence-corrected chi connectivity index (χ2v) is 5.38. The van der Waals surface area contributed by atoms with Crippen LogP contribution in [0.1, 0.15) is 16.8 Å². The lowest BCUT2D eigenvalue weighted by Crippen LogP contribution is -2.53. The van der Waals surface area contributed by atoms with Crippen LogP contribution in [0, 0.1) is 0 Å². The van der Waals surface area contributed by atoms with Gasteiger partial charge in [-0.05, 0) is 23.9 Å². The first kappa shape index (κ1) is 14.0. The van der Waals surface area contributed by atoms with Crippen molar-refractivity contribution in [2.75, 3.05) is 20.2 Å². The zero-order chi connectivity index (χ0) is 14.8. The molecule has 0 spiro atoms. The lowest BCUT2D eigenvalue weighted by atomic mass is 10.00. The molecule has 3 rings (SSSR count). The van der Waals surface area contributed by atoms with E-state index >= 15 is 0 Å². The average molecular weight is 285 g/mol. The molecule has 1 fully saturated rings. The Morgan fingerprint density at radius 3 is 3.10 bits per heavy atom. The van der Waals surface area contributed by atoms with Gasteiger partial charge in [-0.3, -0.25) is 9.78 Å². The highest BCUT2D eigenvalue weighted by molar-refractivity contribution is 6.06. The maximum atomic E-state index is 12.8. The summed E-state index contributed by atoms with van der Waals surface area (Å²) in [5.41, 5.74) is 6.72. The molecule has 2 N–H and O–H groups in total. The molecule has 2 atom stereocenters. The molecule has 1 amide bonds. The van der Waals surface area contributed by atoms with Crippen molar-refractivity contribution >= 4 is 16.7 Å². The molecule has 5 nitrogen and oxygen atoms in total. The van der Waals surface area contributed by atoms with Crippen LogP contribution in [-0.2, 0) is 4.74 Å². The SMILES string of the molecule is CO[C@H]1CN(C(=O)c2cccc3cnccc23)CC[C@H]1N. The van der Waals surface area contributed by atoms with E-state index in [0.717, 1.165) is 17.2 Å². The molecule has 0 saturated carbocycles. The van der Waals surface area contributed by atoms with Crippen molar-refractivity contribution in [3.63, 3.8) is 0 Å². The Morgan fingerprint density at radius 1 is 1.43 bits per heavy atom. The number of carbonyl (C=O) groups excluding carboxylic acids is 1. The van der Waals surface area contributed by atoms with E-state index in [1.54, 1.807) is 19.5 Å². The Hall–Kier alpha value is -1.98. The van der Waals surface area contributed by atoms with Gasteiger partial charge in [0.15, 0.2) is 0 Å². The summed E-state index contributed by atoms with van der Waals surface area (Å²) in [5.74, 6) is 0.0285. The number of ether oxygens (including phenoxy) is 1. The quantitative estimate of drug-likeness (QED) is 0.906. The summed E-state index contributed by atoms with van der Waals surface area (Å²) in [5, 5.41) is 1.90. The molecule has 2 aromatic rings. The molecule has 110 valence electrons. The van der Waals surface area contributed by atoms with Crippen molar-refractivity contribution in [3.8, 4) is 0 Å². The van der Waals surface area contributed by atoms with Crippen molar-refractivity contribution in [2.24, 2.45) is 5.73 Å². The molecular weight excluding hydrogens is 266 g/mol. The Labute approximate surface area is 123 Å². The molecule has 5 heteroatoms. The number of hydrogen-bond donors (Lipinski definition) is 1. The smallest absolute Gasteiger partial charge is 0.254 e. The predicted molar refractivity (Wildman–Crippen MR) is 81.0 cm³/mol. The number of likely N-dealkylation sites (tertiary alicyclic amines) is 1. The zero-order valence-corrected chi connectivity index (χ0v) is 12.0. The van der Waals surface area contributed by atoms with Crippen LogP contribution >= 0.6 is 0 Å². The van der Waals surface area contributed by atoms with Gasteiger partial charge in [0.25, 0.3) is 5.91 Å². The number of carbonyl (C=O) groups is 1. The van der Waals surface area contributed by atoms with E-state index in [9.17, 15) is 4.79 Å². The number of aromatic nitrogens is 1. The summed E-state index contributed by atoms with van der Waals surface area (Å²) in [6.45, 7) is 1.21. The standard InChI is InChI=1S/C16H19N3O2/c1-21-15-10-19(8-6-14(15)17)16(20)13-4-2-3-11-9-18-7-5-12(11)13/h2-5,7,9,14-15H,6,8,10,17H2,1H3/t14-,15+/m1/s1. The van der Waals surface area contributed by atoms with Gasteiger partial charge in [0.2, 0.25) is 0 Å². The maximum Gasteiger partial charge on any atom is 0.254 e. The van der Waals surface area contributed by atoms with Crippen LogP contribution < -0.4 is 5.73 Å². The first-order valence-electron chi connectivity index (χ1n) is 7.11. The fourth-order valence-corrected chi connectivity index (χ4v) is 2.85. The largest absolute Gasteiger partial charge is 0.378 e. The van der Waals surface area contributed by atoms with Gasteiger partial charge in [0.05, 0.1) is 6.10 Å². The average Bonchev–Trinajstić information content (AvgIpc) is 2.54. The number of nitrogens with zero attached hydrogens (tertiary/aromatic N) is 2.